The Bertz CT molecular complexity index is 603. The molecule has 1 N–H and O–H groups in total. The Labute approximate surface area is 149 Å². The molecule has 0 atom stereocenters. The van der Waals surface area contributed by atoms with Crippen LogP contribution in [0.2, 0.25) is 0 Å². The minimum atomic E-state index is -2.77. The van der Waals surface area contributed by atoms with E-state index in [1.165, 1.54) is 0 Å². The molecule has 0 aromatic carbocycles. The predicted octanol–water partition coefficient (Wildman–Crippen LogP) is 2.81. The smallest absolute Gasteiger partial charge is 0.350 e. The number of aromatic nitrogens is 3. The summed E-state index contributed by atoms with van der Waals surface area (Å²) < 4.78 is -5.54. The van der Waals surface area contributed by atoms with Crippen molar-refractivity contribution in [3.8, 4) is 0 Å². The standard InChI is InChI=1S/C9H10Cl4N6O4/c1-7(2,3)17-6-15-4(8(10,11)18(20)21)14-5(16-6)9(12,13)19(22)23/h1-3H3,(H,14,15,16,17). The highest BCUT2D eigenvalue weighted by Gasteiger charge is 2.50. The fraction of sp³-hybridized carbons (Fsp3) is 0.667. The lowest BCUT2D eigenvalue weighted by Crippen LogP contribution is -2.33. The Balaban J connectivity index is 3.57. The topological polar surface area (TPSA) is 137 Å². The van der Waals surface area contributed by atoms with Crippen LogP contribution in [-0.4, -0.2) is 30.3 Å². The van der Waals surface area contributed by atoms with Crippen molar-refractivity contribution in [2.75, 3.05) is 5.32 Å². The number of rotatable bonds is 5. The molecule has 23 heavy (non-hydrogen) atoms. The van der Waals surface area contributed by atoms with Gasteiger partial charge in [-0.2, -0.15) is 15.0 Å². The third kappa shape index (κ3) is 4.63. The highest BCUT2D eigenvalue weighted by molar-refractivity contribution is 6.47. The molecule has 14 heteroatoms. The van der Waals surface area contributed by atoms with Crippen molar-refractivity contribution < 1.29 is 9.85 Å². The van der Waals surface area contributed by atoms with Gasteiger partial charge < -0.3 is 5.32 Å². The lowest BCUT2D eigenvalue weighted by molar-refractivity contribution is -0.527. The summed E-state index contributed by atoms with van der Waals surface area (Å²) in [5, 5.41) is 24.6. The molecule has 0 spiro atoms. The van der Waals surface area contributed by atoms with E-state index >= 15 is 0 Å². The van der Waals surface area contributed by atoms with Crippen LogP contribution in [0.3, 0.4) is 0 Å². The van der Waals surface area contributed by atoms with Crippen molar-refractivity contribution in [3.63, 3.8) is 0 Å². The van der Waals surface area contributed by atoms with Gasteiger partial charge in [-0.1, -0.05) is 0 Å². The molecule has 0 aliphatic rings. The number of hydrogen-bond donors (Lipinski definition) is 1. The summed E-state index contributed by atoms with van der Waals surface area (Å²) >= 11 is 22.3. The molecule has 1 heterocycles. The van der Waals surface area contributed by atoms with Gasteiger partial charge in [-0.05, 0) is 67.2 Å². The summed E-state index contributed by atoms with van der Waals surface area (Å²) in [6, 6.07) is 0. The molecule has 0 aliphatic heterocycles. The molecule has 1 aromatic heterocycles. The quantitative estimate of drug-likeness (QED) is 0.340. The number of anilines is 1. The van der Waals surface area contributed by atoms with E-state index in [2.05, 4.69) is 20.3 Å². The molecule has 0 unspecified atom stereocenters. The Hall–Kier alpha value is -1.23. The van der Waals surface area contributed by atoms with Gasteiger partial charge >= 0.3 is 8.91 Å². The highest BCUT2D eigenvalue weighted by atomic mass is 35.5. The molecule has 1 rings (SSSR count). The molecule has 0 saturated carbocycles. The van der Waals surface area contributed by atoms with E-state index in [0.29, 0.717) is 0 Å². The molecular formula is C9H10Cl4N6O4. The summed E-state index contributed by atoms with van der Waals surface area (Å²) in [7, 11) is 0. The van der Waals surface area contributed by atoms with Crippen molar-refractivity contribution in [1.82, 2.24) is 15.0 Å². The predicted molar refractivity (Wildman–Crippen MR) is 84.0 cm³/mol. The molecule has 0 radical (unpaired) electrons. The van der Waals surface area contributed by atoms with E-state index in [1.54, 1.807) is 20.8 Å². The molecule has 1 aromatic rings. The van der Waals surface area contributed by atoms with Gasteiger partial charge in [0.25, 0.3) is 0 Å². The molecule has 0 amide bonds. The maximum absolute atomic E-state index is 10.9. The SMILES string of the molecule is CC(C)(C)Nc1nc(C(Cl)(Cl)[N+](=O)[O-])nc(C(Cl)(Cl)[N+](=O)[O-])n1. The van der Waals surface area contributed by atoms with E-state index in [4.69, 9.17) is 46.4 Å². The van der Waals surface area contributed by atoms with Crippen LogP contribution < -0.4 is 5.32 Å². The third-order valence-electron chi connectivity index (χ3n) is 2.12. The van der Waals surface area contributed by atoms with Gasteiger partial charge in [0.15, 0.2) is 0 Å². The van der Waals surface area contributed by atoms with Crippen LogP contribution in [0.15, 0.2) is 0 Å². The van der Waals surface area contributed by atoms with Gasteiger partial charge in [0.2, 0.25) is 17.6 Å². The first-order chi connectivity index (χ1) is 10.2. The monoisotopic (exact) mass is 406 g/mol. The third-order valence-corrected chi connectivity index (χ3v) is 3.35. The lowest BCUT2D eigenvalue weighted by Gasteiger charge is -2.22. The van der Waals surface area contributed by atoms with Gasteiger partial charge in [-0.25, -0.2) is 0 Å². The van der Waals surface area contributed by atoms with E-state index in [-0.39, 0.29) is 5.95 Å². The summed E-state index contributed by atoms with van der Waals surface area (Å²) in [4.78, 5) is 30.6. The summed E-state index contributed by atoms with van der Waals surface area (Å²) in [5.41, 5.74) is -0.596. The number of halogens is 4. The van der Waals surface area contributed by atoms with Crippen molar-refractivity contribution in [2.45, 2.75) is 35.2 Å². The number of alkyl halides is 4. The lowest BCUT2D eigenvalue weighted by atomic mass is 10.1. The van der Waals surface area contributed by atoms with Crippen LogP contribution in [0, 0.1) is 20.2 Å². The van der Waals surface area contributed by atoms with Crippen LogP contribution in [0.4, 0.5) is 5.95 Å². The number of nitrogens with zero attached hydrogens (tertiary/aromatic N) is 5. The second-order valence-electron chi connectivity index (χ2n) is 5.28. The van der Waals surface area contributed by atoms with Gasteiger partial charge in [0.1, 0.15) is 0 Å². The minimum absolute atomic E-state index is 0.266. The Kier molecular flexibility index (Phi) is 5.47. The molecule has 128 valence electrons. The summed E-state index contributed by atoms with van der Waals surface area (Å²) in [6.45, 7) is 5.17. The van der Waals surface area contributed by atoms with Crippen LogP contribution in [0.1, 0.15) is 32.4 Å². The molecule has 0 aliphatic carbocycles. The molecule has 10 nitrogen and oxygen atoms in total. The molecular weight excluding hydrogens is 398 g/mol. The molecule has 0 fully saturated rings. The van der Waals surface area contributed by atoms with E-state index < -0.39 is 35.9 Å². The minimum Gasteiger partial charge on any atom is -0.350 e. The van der Waals surface area contributed by atoms with Crippen molar-refractivity contribution >= 4 is 52.4 Å². The second kappa shape index (κ2) is 6.34. The van der Waals surface area contributed by atoms with Crippen LogP contribution >= 0.6 is 46.4 Å². The average Bonchev–Trinajstić information content (AvgIpc) is 2.35. The van der Waals surface area contributed by atoms with Crippen molar-refractivity contribution in [1.29, 1.82) is 0 Å². The Morgan fingerprint density at radius 2 is 1.22 bits per heavy atom. The van der Waals surface area contributed by atoms with Crippen LogP contribution in [0.25, 0.3) is 0 Å². The average molecular weight is 408 g/mol. The second-order valence-corrected chi connectivity index (χ2v) is 7.85. The first-order valence-corrected chi connectivity index (χ1v) is 7.29. The zero-order chi connectivity index (χ0) is 18.2. The summed E-state index contributed by atoms with van der Waals surface area (Å²) in [6.07, 6.45) is 0. The zero-order valence-electron chi connectivity index (χ0n) is 11.9. The van der Waals surface area contributed by atoms with E-state index in [9.17, 15) is 20.2 Å². The highest BCUT2D eigenvalue weighted by Crippen LogP contribution is 2.36. The fourth-order valence-electron chi connectivity index (χ4n) is 1.20. The maximum Gasteiger partial charge on any atom is 0.430 e. The maximum atomic E-state index is 10.9. The molecule has 0 bridgehead atoms. The Morgan fingerprint density at radius 1 is 0.870 bits per heavy atom. The van der Waals surface area contributed by atoms with Gasteiger partial charge in [-0.3, -0.25) is 20.2 Å². The van der Waals surface area contributed by atoms with E-state index in [0.717, 1.165) is 0 Å². The van der Waals surface area contributed by atoms with Gasteiger partial charge in [0, 0.05) is 5.54 Å². The number of nitro groups is 2. The first kappa shape index (κ1) is 19.8. The zero-order valence-corrected chi connectivity index (χ0v) is 14.9. The first-order valence-electron chi connectivity index (χ1n) is 5.78. The van der Waals surface area contributed by atoms with Gasteiger partial charge in [0.05, 0.1) is 9.85 Å². The van der Waals surface area contributed by atoms with Crippen molar-refractivity contribution in [2.24, 2.45) is 0 Å². The fourth-order valence-corrected chi connectivity index (χ4v) is 1.54. The van der Waals surface area contributed by atoms with Crippen LogP contribution in [-0.2, 0) is 8.91 Å². The van der Waals surface area contributed by atoms with Crippen molar-refractivity contribution in [3.05, 3.63) is 31.9 Å². The van der Waals surface area contributed by atoms with E-state index in [1.807, 2.05) is 0 Å². The van der Waals surface area contributed by atoms with Crippen LogP contribution in [0.5, 0.6) is 0 Å². The van der Waals surface area contributed by atoms with Gasteiger partial charge in [-0.15, -0.1) is 0 Å². The number of nitrogens with one attached hydrogen (secondary N) is 1. The summed E-state index contributed by atoms with van der Waals surface area (Å²) in [5.74, 6) is -1.80. The Morgan fingerprint density at radius 3 is 1.48 bits per heavy atom. The number of hydrogen-bond acceptors (Lipinski definition) is 8. The molecule has 0 saturated heterocycles. The normalized spacial score (nSPS) is 12.8. The largest absolute Gasteiger partial charge is 0.430 e.